The van der Waals surface area contributed by atoms with Gasteiger partial charge in [-0.3, -0.25) is 0 Å². The SMILES string of the molecule is CC(Cl)(C(F)(F)F)C(F)(F)Cl. The second kappa shape index (κ2) is 2.62. The van der Waals surface area contributed by atoms with Crippen molar-refractivity contribution in [2.45, 2.75) is 23.4 Å². The van der Waals surface area contributed by atoms with Crippen LogP contribution >= 0.6 is 23.2 Å². The molecule has 0 amide bonds. The molecule has 0 heterocycles. The second-order valence-electron chi connectivity index (χ2n) is 2.00. The van der Waals surface area contributed by atoms with Gasteiger partial charge < -0.3 is 0 Å². The molecule has 0 rings (SSSR count). The molecule has 0 spiro atoms. The summed E-state index contributed by atoms with van der Waals surface area (Å²) in [4.78, 5) is -3.72. The lowest BCUT2D eigenvalue weighted by atomic mass is 10.2. The van der Waals surface area contributed by atoms with Crippen molar-refractivity contribution in [2.24, 2.45) is 0 Å². The molecule has 0 aromatic rings. The van der Waals surface area contributed by atoms with Crippen LogP contribution in [0.25, 0.3) is 0 Å². The van der Waals surface area contributed by atoms with Crippen LogP contribution in [0.3, 0.4) is 0 Å². The summed E-state index contributed by atoms with van der Waals surface area (Å²) < 4.78 is 58.7. The Labute approximate surface area is 69.3 Å². The van der Waals surface area contributed by atoms with E-state index < -0.39 is 16.4 Å². The topological polar surface area (TPSA) is 0 Å². The fraction of sp³-hybridized carbons (Fsp3) is 1.00. The largest absolute Gasteiger partial charge is 0.414 e. The van der Waals surface area contributed by atoms with E-state index in [-0.39, 0.29) is 6.92 Å². The first-order chi connectivity index (χ1) is 4.50. The minimum absolute atomic E-state index is 0.113. The normalized spacial score (nSPS) is 19.6. The first kappa shape index (κ1) is 11.2. The van der Waals surface area contributed by atoms with E-state index in [0.717, 1.165) is 0 Å². The zero-order chi connectivity index (χ0) is 9.50. The highest BCUT2D eigenvalue weighted by molar-refractivity contribution is 6.33. The van der Waals surface area contributed by atoms with Gasteiger partial charge in [0.15, 0.2) is 0 Å². The van der Waals surface area contributed by atoms with Gasteiger partial charge in [0.1, 0.15) is 0 Å². The van der Waals surface area contributed by atoms with Crippen molar-refractivity contribution < 1.29 is 22.0 Å². The average Bonchev–Trinajstić information content (AvgIpc) is 1.58. The van der Waals surface area contributed by atoms with Crippen LogP contribution in [-0.4, -0.2) is 16.4 Å². The number of hydrogen-bond acceptors (Lipinski definition) is 0. The molecule has 0 aromatic carbocycles. The highest BCUT2D eigenvalue weighted by Gasteiger charge is 2.65. The van der Waals surface area contributed by atoms with Crippen LogP contribution in [0.1, 0.15) is 6.92 Å². The highest BCUT2D eigenvalue weighted by Crippen LogP contribution is 2.48. The summed E-state index contributed by atoms with van der Waals surface area (Å²) in [6, 6.07) is 0. The van der Waals surface area contributed by atoms with E-state index in [1.807, 2.05) is 0 Å². The minimum Gasteiger partial charge on any atom is -0.186 e. The van der Waals surface area contributed by atoms with Gasteiger partial charge in [-0.25, -0.2) is 0 Å². The summed E-state index contributed by atoms with van der Waals surface area (Å²) in [5.41, 5.74) is 0. The summed E-state index contributed by atoms with van der Waals surface area (Å²) in [5, 5.41) is -4.51. The first-order valence-corrected chi connectivity index (χ1v) is 3.08. The molecule has 0 aromatic heterocycles. The molecule has 0 N–H and O–H groups in total. The summed E-state index contributed by atoms with van der Waals surface area (Å²) >= 11 is 8.61. The van der Waals surface area contributed by atoms with Gasteiger partial charge in [0.05, 0.1) is 0 Å². The van der Waals surface area contributed by atoms with Crippen LogP contribution in [0.2, 0.25) is 0 Å². The predicted molar refractivity (Wildman–Crippen MR) is 31.1 cm³/mol. The maximum absolute atomic E-state index is 11.9. The molecular formula is C4H3Cl2F5. The maximum Gasteiger partial charge on any atom is 0.414 e. The molecular weight excluding hydrogens is 214 g/mol. The summed E-state index contributed by atoms with van der Waals surface area (Å²) in [6.45, 7) is 0.113. The van der Waals surface area contributed by atoms with Gasteiger partial charge in [-0.2, -0.15) is 22.0 Å². The van der Waals surface area contributed by atoms with E-state index in [1.165, 1.54) is 0 Å². The van der Waals surface area contributed by atoms with Gasteiger partial charge in [0.2, 0.25) is 4.87 Å². The number of rotatable bonds is 1. The Morgan fingerprint density at radius 1 is 0.909 bits per heavy atom. The van der Waals surface area contributed by atoms with Gasteiger partial charge in [-0.15, -0.1) is 11.6 Å². The van der Waals surface area contributed by atoms with Gasteiger partial charge in [-0.05, 0) is 18.5 Å². The van der Waals surface area contributed by atoms with Crippen molar-refractivity contribution in [2.75, 3.05) is 0 Å². The molecule has 0 bridgehead atoms. The monoisotopic (exact) mass is 216 g/mol. The van der Waals surface area contributed by atoms with Crippen LogP contribution in [0.4, 0.5) is 22.0 Å². The Kier molecular flexibility index (Phi) is 2.68. The van der Waals surface area contributed by atoms with Crippen LogP contribution in [-0.2, 0) is 0 Å². The van der Waals surface area contributed by atoms with E-state index >= 15 is 0 Å². The molecule has 1 unspecified atom stereocenters. The summed E-state index contributed by atoms with van der Waals surface area (Å²) in [6.07, 6.45) is -5.24. The van der Waals surface area contributed by atoms with Gasteiger partial charge in [-0.1, -0.05) is 0 Å². The molecule has 0 radical (unpaired) electrons. The first-order valence-electron chi connectivity index (χ1n) is 2.32. The van der Waals surface area contributed by atoms with Crippen LogP contribution in [0.15, 0.2) is 0 Å². The summed E-state index contributed by atoms with van der Waals surface area (Å²) in [5.74, 6) is 0. The van der Waals surface area contributed by atoms with Gasteiger partial charge >= 0.3 is 11.6 Å². The average molecular weight is 217 g/mol. The summed E-state index contributed by atoms with van der Waals surface area (Å²) in [7, 11) is 0. The molecule has 0 fully saturated rings. The quantitative estimate of drug-likeness (QED) is 0.466. The molecule has 0 saturated heterocycles. The molecule has 1 atom stereocenters. The molecule has 0 nitrogen and oxygen atoms in total. The Morgan fingerprint density at radius 3 is 1.18 bits per heavy atom. The van der Waals surface area contributed by atoms with E-state index in [4.69, 9.17) is 0 Å². The number of halogens is 7. The van der Waals surface area contributed by atoms with Crippen molar-refractivity contribution in [1.29, 1.82) is 0 Å². The second-order valence-corrected chi connectivity index (χ2v) is 3.23. The zero-order valence-electron chi connectivity index (χ0n) is 5.15. The zero-order valence-corrected chi connectivity index (χ0v) is 6.66. The van der Waals surface area contributed by atoms with E-state index in [1.54, 1.807) is 0 Å². The molecule has 7 heteroatoms. The van der Waals surface area contributed by atoms with Crippen molar-refractivity contribution >= 4 is 23.2 Å². The van der Waals surface area contributed by atoms with E-state index in [9.17, 15) is 22.0 Å². The molecule has 0 aliphatic rings. The molecule has 0 aliphatic heterocycles. The third kappa shape index (κ3) is 2.08. The third-order valence-corrected chi connectivity index (χ3v) is 1.99. The number of hydrogen-bond donors (Lipinski definition) is 0. The van der Waals surface area contributed by atoms with Crippen LogP contribution in [0.5, 0.6) is 0 Å². The molecule has 0 aliphatic carbocycles. The Bertz CT molecular complexity index is 128. The fourth-order valence-corrected chi connectivity index (χ4v) is 0.268. The van der Waals surface area contributed by atoms with Crippen molar-refractivity contribution in [3.05, 3.63) is 0 Å². The molecule has 0 saturated carbocycles. The van der Waals surface area contributed by atoms with Gasteiger partial charge in [0.25, 0.3) is 0 Å². The lowest BCUT2D eigenvalue weighted by molar-refractivity contribution is -0.196. The van der Waals surface area contributed by atoms with Gasteiger partial charge in [0, 0.05) is 0 Å². The maximum atomic E-state index is 11.9. The Balaban J connectivity index is 4.75. The fourth-order valence-electron chi connectivity index (χ4n) is 0.161. The number of alkyl halides is 7. The standard InChI is InChI=1S/C4H3Cl2F5/c1-2(5,3(6,7)8)4(9,10)11/h1H3. The van der Waals surface area contributed by atoms with Crippen LogP contribution in [0, 0.1) is 0 Å². The van der Waals surface area contributed by atoms with Crippen molar-refractivity contribution in [1.82, 2.24) is 0 Å². The lowest BCUT2D eigenvalue weighted by Crippen LogP contribution is -2.48. The van der Waals surface area contributed by atoms with Crippen LogP contribution < -0.4 is 0 Å². The van der Waals surface area contributed by atoms with Crippen molar-refractivity contribution in [3.8, 4) is 0 Å². The molecule has 11 heavy (non-hydrogen) atoms. The lowest BCUT2D eigenvalue weighted by Gasteiger charge is -2.28. The van der Waals surface area contributed by atoms with E-state index in [2.05, 4.69) is 23.2 Å². The predicted octanol–water partition coefficient (Wildman–Crippen LogP) is 3.38. The molecule has 68 valence electrons. The smallest absolute Gasteiger partial charge is 0.186 e. The minimum atomic E-state index is -5.24. The van der Waals surface area contributed by atoms with E-state index in [0.29, 0.717) is 0 Å². The Morgan fingerprint density at radius 2 is 1.18 bits per heavy atom. The van der Waals surface area contributed by atoms with Crippen molar-refractivity contribution in [3.63, 3.8) is 0 Å². The highest BCUT2D eigenvalue weighted by atomic mass is 35.5. The third-order valence-electron chi connectivity index (χ3n) is 1.06. The Hall–Kier alpha value is 0.230.